The Morgan fingerprint density at radius 1 is 1.25 bits per heavy atom. The summed E-state index contributed by atoms with van der Waals surface area (Å²) in [7, 11) is 0. The minimum absolute atomic E-state index is 0.225. The van der Waals surface area contributed by atoms with Crippen LogP contribution in [0.1, 0.15) is 45.6 Å². The SMILES string of the molecule is CC1CCC(C(C)(C)Cc2cccc(Cl)c2Cl)C(Br)C1. The Kier molecular flexibility index (Phi) is 5.48. The lowest BCUT2D eigenvalue weighted by atomic mass is 9.66. The van der Waals surface area contributed by atoms with Crippen molar-refractivity contribution in [2.75, 3.05) is 0 Å². The monoisotopic (exact) mass is 376 g/mol. The van der Waals surface area contributed by atoms with Gasteiger partial charge in [0.2, 0.25) is 0 Å². The molecular formula is C17H23BrCl2. The topological polar surface area (TPSA) is 0 Å². The van der Waals surface area contributed by atoms with Gasteiger partial charge in [-0.15, -0.1) is 0 Å². The number of hydrogen-bond donors (Lipinski definition) is 0. The zero-order chi connectivity index (χ0) is 14.9. The fraction of sp³-hybridized carbons (Fsp3) is 0.647. The van der Waals surface area contributed by atoms with E-state index in [1.165, 1.54) is 24.8 Å². The molecule has 0 radical (unpaired) electrons. The Morgan fingerprint density at radius 2 is 1.95 bits per heavy atom. The number of rotatable bonds is 3. The summed E-state index contributed by atoms with van der Waals surface area (Å²) < 4.78 is 0. The molecule has 3 unspecified atom stereocenters. The summed E-state index contributed by atoms with van der Waals surface area (Å²) >= 11 is 16.4. The molecule has 1 saturated carbocycles. The van der Waals surface area contributed by atoms with Crippen molar-refractivity contribution in [1.29, 1.82) is 0 Å². The van der Waals surface area contributed by atoms with E-state index in [1.807, 2.05) is 12.1 Å². The van der Waals surface area contributed by atoms with Crippen LogP contribution in [0.4, 0.5) is 0 Å². The predicted molar refractivity (Wildman–Crippen MR) is 93.2 cm³/mol. The van der Waals surface area contributed by atoms with E-state index in [2.05, 4.69) is 42.8 Å². The van der Waals surface area contributed by atoms with Crippen molar-refractivity contribution in [3.63, 3.8) is 0 Å². The average Bonchev–Trinajstić information content (AvgIpc) is 2.34. The molecule has 0 N–H and O–H groups in total. The molecule has 0 spiro atoms. The summed E-state index contributed by atoms with van der Waals surface area (Å²) in [5, 5.41) is 1.38. The first-order valence-corrected chi connectivity index (χ1v) is 9.05. The molecule has 112 valence electrons. The van der Waals surface area contributed by atoms with Crippen LogP contribution in [0, 0.1) is 17.3 Å². The van der Waals surface area contributed by atoms with Crippen LogP contribution in [-0.4, -0.2) is 4.83 Å². The molecule has 20 heavy (non-hydrogen) atoms. The van der Waals surface area contributed by atoms with Crippen LogP contribution >= 0.6 is 39.1 Å². The summed E-state index contributed by atoms with van der Waals surface area (Å²) in [6.07, 6.45) is 4.88. The van der Waals surface area contributed by atoms with E-state index in [0.29, 0.717) is 15.8 Å². The number of alkyl halides is 1. The van der Waals surface area contributed by atoms with Crippen molar-refractivity contribution in [3.05, 3.63) is 33.8 Å². The first-order chi connectivity index (χ1) is 9.31. The normalized spacial score (nSPS) is 27.6. The van der Waals surface area contributed by atoms with Crippen molar-refractivity contribution in [2.24, 2.45) is 17.3 Å². The van der Waals surface area contributed by atoms with Crippen molar-refractivity contribution in [3.8, 4) is 0 Å². The molecule has 0 heterocycles. The standard InChI is InChI=1S/C17H23BrCl2/c1-11-7-8-13(14(18)9-11)17(2,3)10-12-5-4-6-15(19)16(12)20/h4-6,11,13-14H,7-10H2,1-3H3. The zero-order valence-electron chi connectivity index (χ0n) is 12.4. The van der Waals surface area contributed by atoms with E-state index in [-0.39, 0.29) is 5.41 Å². The van der Waals surface area contributed by atoms with E-state index in [4.69, 9.17) is 23.2 Å². The molecule has 1 fully saturated rings. The van der Waals surface area contributed by atoms with Gasteiger partial charge < -0.3 is 0 Å². The first-order valence-electron chi connectivity index (χ1n) is 7.38. The van der Waals surface area contributed by atoms with Crippen molar-refractivity contribution in [1.82, 2.24) is 0 Å². The summed E-state index contributed by atoms with van der Waals surface area (Å²) in [6.45, 7) is 7.07. The lowest BCUT2D eigenvalue weighted by Crippen LogP contribution is -2.37. The molecule has 0 aromatic heterocycles. The van der Waals surface area contributed by atoms with Crippen molar-refractivity contribution >= 4 is 39.1 Å². The van der Waals surface area contributed by atoms with Crippen LogP contribution in [0.15, 0.2) is 18.2 Å². The van der Waals surface area contributed by atoms with Crippen LogP contribution in [-0.2, 0) is 6.42 Å². The second-order valence-electron chi connectivity index (χ2n) is 6.92. The molecule has 2 rings (SSSR count). The van der Waals surface area contributed by atoms with Crippen LogP contribution in [0.5, 0.6) is 0 Å². The fourth-order valence-corrected chi connectivity index (χ4v) is 5.50. The van der Waals surface area contributed by atoms with Crippen LogP contribution < -0.4 is 0 Å². The lowest BCUT2D eigenvalue weighted by Gasteiger charge is -2.42. The van der Waals surface area contributed by atoms with Gasteiger partial charge in [0.15, 0.2) is 0 Å². The quantitative estimate of drug-likeness (QED) is 0.510. The molecule has 0 amide bonds. The highest BCUT2D eigenvalue weighted by Gasteiger charge is 2.38. The molecule has 0 nitrogen and oxygen atoms in total. The molecule has 1 aliphatic rings. The summed E-state index contributed by atoms with van der Waals surface area (Å²) in [6, 6.07) is 5.95. The fourth-order valence-electron chi connectivity index (χ4n) is 3.50. The van der Waals surface area contributed by atoms with Crippen molar-refractivity contribution in [2.45, 2.75) is 51.3 Å². The number of hydrogen-bond acceptors (Lipinski definition) is 0. The largest absolute Gasteiger partial charge is 0.0887 e. The van der Waals surface area contributed by atoms with E-state index in [0.717, 1.165) is 17.4 Å². The van der Waals surface area contributed by atoms with Crippen LogP contribution in [0.25, 0.3) is 0 Å². The lowest BCUT2D eigenvalue weighted by molar-refractivity contribution is 0.147. The Labute approximate surface area is 141 Å². The third kappa shape index (κ3) is 3.72. The van der Waals surface area contributed by atoms with E-state index in [1.54, 1.807) is 0 Å². The van der Waals surface area contributed by atoms with Gasteiger partial charge in [-0.2, -0.15) is 0 Å². The van der Waals surface area contributed by atoms with Gasteiger partial charge in [0.05, 0.1) is 10.0 Å². The van der Waals surface area contributed by atoms with Gasteiger partial charge in [-0.05, 0) is 48.1 Å². The second kappa shape index (κ2) is 6.58. The first kappa shape index (κ1) is 16.6. The Morgan fingerprint density at radius 3 is 2.60 bits per heavy atom. The molecule has 1 aliphatic carbocycles. The third-order valence-corrected chi connectivity index (χ3v) is 6.59. The maximum Gasteiger partial charge on any atom is 0.0624 e. The van der Waals surface area contributed by atoms with Gasteiger partial charge in [0, 0.05) is 4.83 Å². The highest BCUT2D eigenvalue weighted by Crippen LogP contribution is 2.46. The minimum atomic E-state index is 0.225. The Hall–Kier alpha value is 0.280. The molecule has 3 heteroatoms. The molecule has 0 saturated heterocycles. The average molecular weight is 378 g/mol. The summed E-state index contributed by atoms with van der Waals surface area (Å²) in [5.74, 6) is 1.52. The van der Waals surface area contributed by atoms with E-state index in [9.17, 15) is 0 Å². The second-order valence-corrected chi connectivity index (χ2v) is 8.88. The minimum Gasteiger partial charge on any atom is -0.0887 e. The number of halogens is 3. The van der Waals surface area contributed by atoms with Crippen molar-refractivity contribution < 1.29 is 0 Å². The van der Waals surface area contributed by atoms with Gasteiger partial charge in [0.25, 0.3) is 0 Å². The zero-order valence-corrected chi connectivity index (χ0v) is 15.5. The third-order valence-electron chi connectivity index (χ3n) is 4.72. The molecule has 3 atom stereocenters. The molecule has 1 aromatic carbocycles. The van der Waals surface area contributed by atoms with Gasteiger partial charge >= 0.3 is 0 Å². The highest BCUT2D eigenvalue weighted by molar-refractivity contribution is 9.09. The Balaban J connectivity index is 2.16. The van der Waals surface area contributed by atoms with E-state index < -0.39 is 0 Å². The smallest absolute Gasteiger partial charge is 0.0624 e. The highest BCUT2D eigenvalue weighted by atomic mass is 79.9. The maximum absolute atomic E-state index is 6.35. The Bertz CT molecular complexity index is 470. The maximum atomic E-state index is 6.35. The molecule has 0 aliphatic heterocycles. The summed E-state index contributed by atoms with van der Waals surface area (Å²) in [5.41, 5.74) is 1.39. The van der Waals surface area contributed by atoms with Gasteiger partial charge in [-0.3, -0.25) is 0 Å². The van der Waals surface area contributed by atoms with E-state index >= 15 is 0 Å². The van der Waals surface area contributed by atoms with Gasteiger partial charge in [-0.25, -0.2) is 0 Å². The van der Waals surface area contributed by atoms with Crippen LogP contribution in [0.3, 0.4) is 0 Å². The molecule has 0 bridgehead atoms. The van der Waals surface area contributed by atoms with Crippen LogP contribution in [0.2, 0.25) is 10.0 Å². The predicted octanol–water partition coefficient (Wildman–Crippen LogP) is 6.76. The van der Waals surface area contributed by atoms with Gasteiger partial charge in [-0.1, -0.05) is 78.5 Å². The number of benzene rings is 1. The van der Waals surface area contributed by atoms with Gasteiger partial charge in [0.1, 0.15) is 0 Å². The molecular weight excluding hydrogens is 355 g/mol. The summed E-state index contributed by atoms with van der Waals surface area (Å²) in [4.78, 5) is 0.610. The molecule has 1 aromatic rings.